The van der Waals surface area contributed by atoms with Crippen molar-refractivity contribution in [1.82, 2.24) is 10.5 Å². The fourth-order valence-corrected chi connectivity index (χ4v) is 2.66. The lowest BCUT2D eigenvalue weighted by Crippen LogP contribution is -2.27. The van der Waals surface area contributed by atoms with Crippen LogP contribution in [0.2, 0.25) is 5.02 Å². The first-order valence-corrected chi connectivity index (χ1v) is 8.02. The van der Waals surface area contributed by atoms with Crippen LogP contribution in [0.25, 0.3) is 11.3 Å². The minimum Gasteiger partial charge on any atom is -0.355 e. The second-order valence-electron chi connectivity index (χ2n) is 5.58. The Bertz CT molecular complexity index is 842. The van der Waals surface area contributed by atoms with Gasteiger partial charge in [-0.3, -0.25) is 4.79 Å². The predicted molar refractivity (Wildman–Crippen MR) is 94.0 cm³/mol. The van der Waals surface area contributed by atoms with Gasteiger partial charge in [-0.15, -0.1) is 0 Å². The van der Waals surface area contributed by atoms with E-state index in [0.717, 1.165) is 11.1 Å². The number of amides is 1. The van der Waals surface area contributed by atoms with Gasteiger partial charge in [-0.1, -0.05) is 47.1 Å². The van der Waals surface area contributed by atoms with Gasteiger partial charge in [0.15, 0.2) is 5.76 Å². The number of rotatable bonds is 4. The van der Waals surface area contributed by atoms with E-state index < -0.39 is 0 Å². The zero-order valence-corrected chi connectivity index (χ0v) is 14.2. The van der Waals surface area contributed by atoms with Crippen LogP contribution in [0.5, 0.6) is 0 Å². The quantitative estimate of drug-likeness (QED) is 0.742. The minimum absolute atomic E-state index is 0.119. The van der Waals surface area contributed by atoms with E-state index in [9.17, 15) is 4.79 Å². The second kappa shape index (κ2) is 6.89. The van der Waals surface area contributed by atoms with Crippen LogP contribution < -0.4 is 5.32 Å². The van der Waals surface area contributed by atoms with Gasteiger partial charge < -0.3 is 9.84 Å². The fourth-order valence-electron chi connectivity index (χ4n) is 2.53. The predicted octanol–water partition coefficient (Wildman–Crippen LogP) is 4.79. The summed E-state index contributed by atoms with van der Waals surface area (Å²) in [6, 6.07) is 16.8. The maximum Gasteiger partial charge on any atom is 0.257 e. The Morgan fingerprint density at radius 3 is 2.46 bits per heavy atom. The molecule has 24 heavy (non-hydrogen) atoms. The zero-order chi connectivity index (χ0) is 17.1. The molecule has 0 spiro atoms. The summed E-state index contributed by atoms with van der Waals surface area (Å²) in [6.45, 7) is 3.70. The van der Waals surface area contributed by atoms with E-state index in [1.807, 2.05) is 37.3 Å². The molecule has 1 unspecified atom stereocenters. The highest BCUT2D eigenvalue weighted by Gasteiger charge is 2.23. The van der Waals surface area contributed by atoms with Crippen molar-refractivity contribution in [3.63, 3.8) is 0 Å². The van der Waals surface area contributed by atoms with E-state index in [0.29, 0.717) is 22.0 Å². The van der Waals surface area contributed by atoms with Crippen LogP contribution in [-0.4, -0.2) is 11.1 Å². The van der Waals surface area contributed by atoms with Crippen molar-refractivity contribution in [3.8, 4) is 11.3 Å². The van der Waals surface area contributed by atoms with Crippen LogP contribution in [0.1, 0.15) is 34.6 Å². The van der Waals surface area contributed by atoms with Gasteiger partial charge in [0.2, 0.25) is 0 Å². The molecule has 3 aromatic rings. The van der Waals surface area contributed by atoms with Gasteiger partial charge in [0.05, 0.1) is 11.7 Å². The maximum absolute atomic E-state index is 12.7. The molecule has 3 rings (SSSR count). The number of aryl methyl sites for hydroxylation is 1. The highest BCUT2D eigenvalue weighted by molar-refractivity contribution is 6.30. The van der Waals surface area contributed by atoms with Crippen LogP contribution in [0.4, 0.5) is 0 Å². The Hall–Kier alpha value is -2.59. The zero-order valence-electron chi connectivity index (χ0n) is 13.4. The highest BCUT2D eigenvalue weighted by atomic mass is 35.5. The lowest BCUT2D eigenvalue weighted by molar-refractivity contribution is 0.0939. The Labute approximate surface area is 145 Å². The molecule has 4 nitrogen and oxygen atoms in total. The van der Waals surface area contributed by atoms with Crippen molar-refractivity contribution in [3.05, 3.63) is 76.4 Å². The van der Waals surface area contributed by atoms with E-state index in [-0.39, 0.29) is 11.9 Å². The summed E-state index contributed by atoms with van der Waals surface area (Å²) in [5.41, 5.74) is 2.79. The summed E-state index contributed by atoms with van der Waals surface area (Å²) >= 11 is 5.92. The fraction of sp³-hybridized carbons (Fsp3) is 0.158. The van der Waals surface area contributed by atoms with Crippen molar-refractivity contribution in [2.24, 2.45) is 0 Å². The van der Waals surface area contributed by atoms with E-state index >= 15 is 0 Å². The largest absolute Gasteiger partial charge is 0.355 e. The molecule has 0 radical (unpaired) electrons. The molecule has 0 aliphatic rings. The molecule has 0 bridgehead atoms. The van der Waals surface area contributed by atoms with E-state index in [1.54, 1.807) is 31.2 Å². The van der Waals surface area contributed by atoms with Gasteiger partial charge >= 0.3 is 0 Å². The molecule has 1 aromatic heterocycles. The molecule has 1 atom stereocenters. The Balaban J connectivity index is 1.88. The molecule has 1 amide bonds. The average molecular weight is 341 g/mol. The molecule has 1 N–H and O–H groups in total. The number of nitrogens with one attached hydrogen (secondary N) is 1. The van der Waals surface area contributed by atoms with Gasteiger partial charge in [0.1, 0.15) is 5.56 Å². The van der Waals surface area contributed by atoms with E-state index in [2.05, 4.69) is 10.5 Å². The summed E-state index contributed by atoms with van der Waals surface area (Å²) in [5, 5.41) is 7.57. The average Bonchev–Trinajstić information content (AvgIpc) is 2.98. The molecule has 1 heterocycles. The first-order valence-electron chi connectivity index (χ1n) is 7.64. The SMILES string of the molecule is Cc1noc(-c2ccc(Cl)cc2)c1C(=O)NC(C)c1ccccc1. The Morgan fingerprint density at radius 2 is 1.79 bits per heavy atom. The minimum atomic E-state index is -0.213. The third-order valence-corrected chi connectivity index (χ3v) is 4.10. The third kappa shape index (κ3) is 3.34. The molecule has 0 fully saturated rings. The Morgan fingerprint density at radius 1 is 1.12 bits per heavy atom. The number of nitrogens with zero attached hydrogens (tertiary/aromatic N) is 1. The van der Waals surface area contributed by atoms with Crippen molar-refractivity contribution in [2.45, 2.75) is 19.9 Å². The van der Waals surface area contributed by atoms with Gasteiger partial charge in [0.25, 0.3) is 5.91 Å². The normalized spacial score (nSPS) is 12.0. The second-order valence-corrected chi connectivity index (χ2v) is 6.02. The van der Waals surface area contributed by atoms with Crippen molar-refractivity contribution in [2.75, 3.05) is 0 Å². The molecular formula is C19H17ClN2O2. The third-order valence-electron chi connectivity index (χ3n) is 3.84. The number of carbonyl (C=O) groups excluding carboxylic acids is 1. The van der Waals surface area contributed by atoms with Crippen LogP contribution >= 0.6 is 11.6 Å². The van der Waals surface area contributed by atoms with Crippen molar-refractivity contribution in [1.29, 1.82) is 0 Å². The summed E-state index contributed by atoms with van der Waals surface area (Å²) in [5.74, 6) is 0.233. The molecule has 0 aliphatic carbocycles. The van der Waals surface area contributed by atoms with Gasteiger partial charge in [-0.05, 0) is 43.7 Å². The van der Waals surface area contributed by atoms with Crippen molar-refractivity contribution >= 4 is 17.5 Å². The van der Waals surface area contributed by atoms with Crippen molar-refractivity contribution < 1.29 is 9.32 Å². The number of hydrogen-bond donors (Lipinski definition) is 1. The maximum atomic E-state index is 12.7. The summed E-state index contributed by atoms with van der Waals surface area (Å²) in [6.07, 6.45) is 0. The number of aromatic nitrogens is 1. The van der Waals surface area contributed by atoms with Crippen LogP contribution in [0.15, 0.2) is 59.1 Å². The molecule has 2 aromatic carbocycles. The topological polar surface area (TPSA) is 55.1 Å². The van der Waals surface area contributed by atoms with Crippen LogP contribution in [0.3, 0.4) is 0 Å². The van der Waals surface area contributed by atoms with E-state index in [4.69, 9.17) is 16.1 Å². The summed E-state index contributed by atoms with van der Waals surface area (Å²) in [7, 11) is 0. The first-order chi connectivity index (χ1) is 11.6. The van der Waals surface area contributed by atoms with Crippen LogP contribution in [-0.2, 0) is 0 Å². The monoisotopic (exact) mass is 340 g/mol. The summed E-state index contributed by atoms with van der Waals surface area (Å²) < 4.78 is 5.38. The lowest BCUT2D eigenvalue weighted by Gasteiger charge is -2.14. The smallest absolute Gasteiger partial charge is 0.257 e. The van der Waals surface area contributed by atoms with Gasteiger partial charge in [0, 0.05) is 10.6 Å². The number of carbonyl (C=O) groups is 1. The highest BCUT2D eigenvalue weighted by Crippen LogP contribution is 2.28. The molecule has 0 saturated heterocycles. The number of benzene rings is 2. The lowest BCUT2D eigenvalue weighted by atomic mass is 10.0. The molecular weight excluding hydrogens is 324 g/mol. The van der Waals surface area contributed by atoms with Gasteiger partial charge in [-0.2, -0.15) is 0 Å². The summed E-state index contributed by atoms with van der Waals surface area (Å²) in [4.78, 5) is 12.7. The first kappa shape index (κ1) is 16.3. The number of halogens is 1. The molecule has 0 aliphatic heterocycles. The van der Waals surface area contributed by atoms with Crippen LogP contribution in [0, 0.1) is 6.92 Å². The number of hydrogen-bond acceptors (Lipinski definition) is 3. The molecule has 122 valence electrons. The Kier molecular flexibility index (Phi) is 4.67. The molecule has 5 heteroatoms. The van der Waals surface area contributed by atoms with Gasteiger partial charge in [-0.25, -0.2) is 0 Å². The standard InChI is InChI=1S/C19H17ClN2O2/c1-12(14-6-4-3-5-7-14)21-19(23)17-13(2)22-24-18(17)15-8-10-16(20)11-9-15/h3-12H,1-2H3,(H,21,23). The van der Waals surface area contributed by atoms with E-state index in [1.165, 1.54) is 0 Å². The molecule has 0 saturated carbocycles.